The van der Waals surface area contributed by atoms with E-state index in [1.54, 1.807) is 4.90 Å². The molecule has 3 aromatic carbocycles. The first-order chi connectivity index (χ1) is 14.1. The highest BCUT2D eigenvalue weighted by Crippen LogP contribution is 2.30. The Hall–Kier alpha value is -3.60. The number of nitrogens with one attached hydrogen (secondary N) is 2. The third kappa shape index (κ3) is 3.99. The molecule has 0 radical (unpaired) electrons. The minimum absolute atomic E-state index is 0.138. The van der Waals surface area contributed by atoms with Crippen LogP contribution in [0.15, 0.2) is 78.9 Å². The fourth-order valence-corrected chi connectivity index (χ4v) is 3.66. The van der Waals surface area contributed by atoms with Crippen LogP contribution >= 0.6 is 0 Å². The number of nitrogens with zero attached hydrogens (tertiary/aromatic N) is 1. The molecule has 0 aliphatic carbocycles. The fourth-order valence-electron chi connectivity index (χ4n) is 3.66. The average molecular weight is 385 g/mol. The second-order valence-corrected chi connectivity index (χ2v) is 7.13. The van der Waals surface area contributed by atoms with Crippen molar-refractivity contribution in [3.63, 3.8) is 0 Å². The van der Waals surface area contributed by atoms with Gasteiger partial charge in [0, 0.05) is 17.9 Å². The first-order valence-corrected chi connectivity index (χ1v) is 9.71. The Kier molecular flexibility index (Phi) is 5.29. The van der Waals surface area contributed by atoms with Crippen molar-refractivity contribution in [3.05, 3.63) is 95.6 Å². The minimum atomic E-state index is -0.772. The number of urea groups is 1. The molecule has 1 heterocycles. The van der Waals surface area contributed by atoms with E-state index in [-0.39, 0.29) is 5.91 Å². The van der Waals surface area contributed by atoms with Gasteiger partial charge in [0.1, 0.15) is 6.04 Å². The number of para-hydroxylation sites is 2. The Morgan fingerprint density at radius 3 is 2.38 bits per heavy atom. The molecule has 5 heteroatoms. The number of fused-ring (bicyclic) bond motifs is 1. The standard InChI is InChI=1S/C24H23N3O2/c1-17-9-5-7-13-20(17)25-24(29)26-22(19-11-3-2-4-12-19)23(28)27-16-15-18-10-6-8-14-21(18)27/h2-14,22H,15-16H2,1H3,(H2,25,26,29)/t22-/m1/s1. The van der Waals surface area contributed by atoms with E-state index in [9.17, 15) is 9.59 Å². The van der Waals surface area contributed by atoms with E-state index in [4.69, 9.17) is 0 Å². The van der Waals surface area contributed by atoms with Gasteiger partial charge >= 0.3 is 6.03 Å². The number of anilines is 2. The maximum absolute atomic E-state index is 13.4. The molecule has 2 N–H and O–H groups in total. The van der Waals surface area contributed by atoms with Gasteiger partial charge < -0.3 is 15.5 Å². The number of carbonyl (C=O) groups excluding carboxylic acids is 2. The summed E-state index contributed by atoms with van der Waals surface area (Å²) in [6.07, 6.45) is 0.818. The second-order valence-electron chi connectivity index (χ2n) is 7.13. The van der Waals surface area contributed by atoms with Gasteiger partial charge in [0.05, 0.1) is 0 Å². The van der Waals surface area contributed by atoms with E-state index in [0.717, 1.165) is 34.5 Å². The van der Waals surface area contributed by atoms with Gasteiger partial charge in [-0.3, -0.25) is 4.79 Å². The molecule has 3 amide bonds. The first-order valence-electron chi connectivity index (χ1n) is 9.71. The number of carbonyl (C=O) groups is 2. The zero-order valence-electron chi connectivity index (χ0n) is 16.3. The zero-order valence-corrected chi connectivity index (χ0v) is 16.3. The molecule has 0 aromatic heterocycles. The van der Waals surface area contributed by atoms with Gasteiger partial charge in [-0.25, -0.2) is 4.79 Å². The monoisotopic (exact) mass is 385 g/mol. The van der Waals surface area contributed by atoms with Crippen molar-refractivity contribution in [1.29, 1.82) is 0 Å². The van der Waals surface area contributed by atoms with Crippen molar-refractivity contribution in [1.82, 2.24) is 5.32 Å². The lowest BCUT2D eigenvalue weighted by Crippen LogP contribution is -2.44. The van der Waals surface area contributed by atoms with Gasteiger partial charge in [0.25, 0.3) is 5.91 Å². The van der Waals surface area contributed by atoms with Crippen molar-refractivity contribution in [2.75, 3.05) is 16.8 Å². The molecule has 29 heavy (non-hydrogen) atoms. The Balaban J connectivity index is 1.58. The maximum Gasteiger partial charge on any atom is 0.320 e. The van der Waals surface area contributed by atoms with Gasteiger partial charge in [-0.05, 0) is 42.2 Å². The van der Waals surface area contributed by atoms with Gasteiger partial charge in [-0.1, -0.05) is 66.7 Å². The third-order valence-electron chi connectivity index (χ3n) is 5.20. The minimum Gasteiger partial charge on any atom is -0.322 e. The summed E-state index contributed by atoms with van der Waals surface area (Å²) in [4.78, 5) is 27.9. The molecule has 0 unspecified atom stereocenters. The molecule has 0 saturated heterocycles. The van der Waals surface area contributed by atoms with Crippen LogP contribution in [0.4, 0.5) is 16.2 Å². The van der Waals surface area contributed by atoms with Crippen molar-refractivity contribution in [3.8, 4) is 0 Å². The predicted molar refractivity (Wildman–Crippen MR) is 115 cm³/mol. The van der Waals surface area contributed by atoms with Crippen molar-refractivity contribution < 1.29 is 9.59 Å². The van der Waals surface area contributed by atoms with Crippen LogP contribution in [0.3, 0.4) is 0 Å². The third-order valence-corrected chi connectivity index (χ3v) is 5.20. The Bertz CT molecular complexity index is 1030. The summed E-state index contributed by atoms with van der Waals surface area (Å²) in [7, 11) is 0. The van der Waals surface area contributed by atoms with Crippen LogP contribution in [0.2, 0.25) is 0 Å². The molecule has 146 valence electrons. The molecule has 0 fully saturated rings. The molecule has 1 atom stereocenters. The summed E-state index contributed by atoms with van der Waals surface area (Å²) in [6, 6.07) is 23.6. The quantitative estimate of drug-likeness (QED) is 0.697. The Morgan fingerprint density at radius 2 is 1.59 bits per heavy atom. The van der Waals surface area contributed by atoms with Crippen LogP contribution in [-0.4, -0.2) is 18.5 Å². The molecule has 5 nitrogen and oxygen atoms in total. The molecular formula is C24H23N3O2. The van der Waals surface area contributed by atoms with Crippen LogP contribution in [0.25, 0.3) is 0 Å². The number of aryl methyl sites for hydroxylation is 1. The predicted octanol–water partition coefficient (Wildman–Crippen LogP) is 4.45. The Labute approximate surface area is 170 Å². The van der Waals surface area contributed by atoms with E-state index in [1.165, 1.54) is 0 Å². The SMILES string of the molecule is Cc1ccccc1NC(=O)N[C@@H](C(=O)N1CCc2ccccc21)c1ccccc1. The normalized spacial score (nSPS) is 13.5. The molecule has 0 spiro atoms. The molecule has 3 aromatic rings. The molecule has 1 aliphatic rings. The zero-order chi connectivity index (χ0) is 20.2. The van der Waals surface area contributed by atoms with Gasteiger partial charge in [0.15, 0.2) is 0 Å². The van der Waals surface area contributed by atoms with Gasteiger partial charge in [-0.15, -0.1) is 0 Å². The molecule has 4 rings (SSSR count). The topological polar surface area (TPSA) is 61.4 Å². The lowest BCUT2D eigenvalue weighted by atomic mass is 10.1. The summed E-state index contributed by atoms with van der Waals surface area (Å²) >= 11 is 0. The Morgan fingerprint density at radius 1 is 0.897 bits per heavy atom. The summed E-state index contributed by atoms with van der Waals surface area (Å²) in [5.74, 6) is -0.138. The highest BCUT2D eigenvalue weighted by atomic mass is 16.2. The highest BCUT2D eigenvalue weighted by Gasteiger charge is 2.32. The summed E-state index contributed by atoms with van der Waals surface area (Å²) in [5, 5.41) is 5.73. The summed E-state index contributed by atoms with van der Waals surface area (Å²) in [6.45, 7) is 2.54. The number of benzene rings is 3. The summed E-state index contributed by atoms with van der Waals surface area (Å²) in [5.41, 5.74) is 4.49. The number of hydrogen-bond donors (Lipinski definition) is 2. The molecule has 0 bridgehead atoms. The van der Waals surface area contributed by atoms with E-state index >= 15 is 0 Å². The van der Waals surface area contributed by atoms with Crippen LogP contribution in [0, 0.1) is 6.92 Å². The van der Waals surface area contributed by atoms with Crippen LogP contribution in [0.1, 0.15) is 22.7 Å². The molecule has 0 saturated carbocycles. The van der Waals surface area contributed by atoms with E-state index in [0.29, 0.717) is 6.54 Å². The van der Waals surface area contributed by atoms with Crippen LogP contribution in [0.5, 0.6) is 0 Å². The smallest absolute Gasteiger partial charge is 0.320 e. The van der Waals surface area contributed by atoms with Gasteiger partial charge in [-0.2, -0.15) is 0 Å². The first kappa shape index (κ1) is 18.7. The summed E-state index contributed by atoms with van der Waals surface area (Å²) < 4.78 is 0. The number of amides is 3. The van der Waals surface area contributed by atoms with Crippen LogP contribution in [-0.2, 0) is 11.2 Å². The van der Waals surface area contributed by atoms with E-state index < -0.39 is 12.1 Å². The maximum atomic E-state index is 13.4. The second kappa shape index (κ2) is 8.19. The van der Waals surface area contributed by atoms with E-state index in [1.807, 2.05) is 85.8 Å². The molecule has 1 aliphatic heterocycles. The largest absolute Gasteiger partial charge is 0.322 e. The number of rotatable bonds is 4. The number of hydrogen-bond acceptors (Lipinski definition) is 2. The fraction of sp³-hybridized carbons (Fsp3) is 0.167. The van der Waals surface area contributed by atoms with E-state index in [2.05, 4.69) is 10.6 Å². The van der Waals surface area contributed by atoms with Gasteiger partial charge in [0.2, 0.25) is 0 Å². The molecular weight excluding hydrogens is 362 g/mol. The van der Waals surface area contributed by atoms with Crippen molar-refractivity contribution >= 4 is 23.3 Å². The van der Waals surface area contributed by atoms with Crippen molar-refractivity contribution in [2.24, 2.45) is 0 Å². The highest BCUT2D eigenvalue weighted by molar-refractivity contribution is 6.02. The average Bonchev–Trinajstić information content (AvgIpc) is 3.18. The lowest BCUT2D eigenvalue weighted by molar-refractivity contribution is -0.120. The van der Waals surface area contributed by atoms with Crippen molar-refractivity contribution in [2.45, 2.75) is 19.4 Å². The van der Waals surface area contributed by atoms with Crippen LogP contribution < -0.4 is 15.5 Å². The lowest BCUT2D eigenvalue weighted by Gasteiger charge is -2.25.